The molecule has 0 aliphatic carbocycles. The Labute approximate surface area is 152 Å². The van der Waals surface area contributed by atoms with Crippen molar-refractivity contribution in [1.82, 2.24) is 10.3 Å². The molecule has 2 aromatic rings. The number of carbonyl (C=O) groups is 1. The van der Waals surface area contributed by atoms with Gasteiger partial charge in [-0.05, 0) is 23.8 Å². The number of hydrogen-bond donors (Lipinski definition) is 1. The van der Waals surface area contributed by atoms with Gasteiger partial charge in [-0.15, -0.1) is 0 Å². The molecule has 2 rings (SSSR count). The highest BCUT2D eigenvalue weighted by Crippen LogP contribution is 2.17. The summed E-state index contributed by atoms with van der Waals surface area (Å²) in [5.74, 6) is 1.08. The smallest absolute Gasteiger partial charge is 0.223 e. The molecule has 7 heteroatoms. The summed E-state index contributed by atoms with van der Waals surface area (Å²) in [5, 5.41) is 3.42. The van der Waals surface area contributed by atoms with Gasteiger partial charge in [0.1, 0.15) is 12.4 Å². The van der Waals surface area contributed by atoms with E-state index in [1.165, 1.54) is 0 Å². The molecule has 0 radical (unpaired) electrons. The van der Waals surface area contributed by atoms with E-state index in [-0.39, 0.29) is 18.9 Å². The molecule has 1 amide bonds. The summed E-state index contributed by atoms with van der Waals surface area (Å²) < 4.78 is 15.8. The van der Waals surface area contributed by atoms with Crippen molar-refractivity contribution >= 4 is 17.5 Å². The first kappa shape index (κ1) is 19.0. The van der Waals surface area contributed by atoms with Crippen LogP contribution in [0.25, 0.3) is 0 Å². The van der Waals surface area contributed by atoms with Gasteiger partial charge in [-0.2, -0.15) is 0 Å². The molecule has 1 aromatic heterocycles. The van der Waals surface area contributed by atoms with Crippen LogP contribution in [0, 0.1) is 0 Å². The van der Waals surface area contributed by atoms with E-state index in [0.717, 1.165) is 5.56 Å². The van der Waals surface area contributed by atoms with Crippen molar-refractivity contribution in [3.63, 3.8) is 0 Å². The summed E-state index contributed by atoms with van der Waals surface area (Å²) in [5.41, 5.74) is 0.892. The molecule has 1 aromatic carbocycles. The number of benzene rings is 1. The Hall–Kier alpha value is -2.31. The Kier molecular flexibility index (Phi) is 8.01. The molecule has 0 bridgehead atoms. The van der Waals surface area contributed by atoms with Gasteiger partial charge in [-0.25, -0.2) is 4.98 Å². The molecule has 134 valence electrons. The number of carbonyl (C=O) groups excluding carboxylic acids is 1. The van der Waals surface area contributed by atoms with Crippen LogP contribution in [-0.2, 0) is 16.1 Å². The van der Waals surface area contributed by atoms with Gasteiger partial charge >= 0.3 is 0 Å². The average Bonchev–Trinajstić information content (AvgIpc) is 2.61. The first-order chi connectivity index (χ1) is 12.2. The lowest BCUT2D eigenvalue weighted by Crippen LogP contribution is -2.24. The van der Waals surface area contributed by atoms with E-state index >= 15 is 0 Å². The fourth-order valence-corrected chi connectivity index (χ4v) is 2.12. The van der Waals surface area contributed by atoms with Crippen LogP contribution in [0.5, 0.6) is 11.6 Å². The minimum atomic E-state index is -0.0950. The lowest BCUT2D eigenvalue weighted by atomic mass is 10.3. The van der Waals surface area contributed by atoms with Crippen LogP contribution in [0.15, 0.2) is 42.6 Å². The highest BCUT2D eigenvalue weighted by Gasteiger charge is 2.04. The van der Waals surface area contributed by atoms with E-state index in [1.807, 2.05) is 6.07 Å². The molecule has 0 unspecified atom stereocenters. The van der Waals surface area contributed by atoms with Gasteiger partial charge in [-0.3, -0.25) is 4.79 Å². The standard InChI is InChI=1S/C18H21ClN2O4/c1-23-9-10-25-18-6-5-14(13-21-18)12-20-17(22)7-8-24-16-4-2-3-15(19)11-16/h2-6,11,13H,7-10,12H2,1H3,(H,20,22). The van der Waals surface area contributed by atoms with Crippen LogP contribution in [0.4, 0.5) is 0 Å². The van der Waals surface area contributed by atoms with Gasteiger partial charge in [0.05, 0.1) is 19.6 Å². The molecule has 1 N–H and O–H groups in total. The van der Waals surface area contributed by atoms with E-state index in [9.17, 15) is 4.79 Å². The molecule has 0 saturated heterocycles. The Morgan fingerprint density at radius 3 is 2.76 bits per heavy atom. The minimum absolute atomic E-state index is 0.0950. The fraction of sp³-hybridized carbons (Fsp3) is 0.333. The number of nitrogens with one attached hydrogen (secondary N) is 1. The topological polar surface area (TPSA) is 69.7 Å². The predicted molar refractivity (Wildman–Crippen MR) is 95.0 cm³/mol. The van der Waals surface area contributed by atoms with Crippen LogP contribution in [0.3, 0.4) is 0 Å². The van der Waals surface area contributed by atoms with Gasteiger partial charge in [0.15, 0.2) is 0 Å². The molecule has 1 heterocycles. The number of aromatic nitrogens is 1. The molecule has 0 saturated carbocycles. The third kappa shape index (κ3) is 7.41. The molecular weight excluding hydrogens is 344 g/mol. The summed E-state index contributed by atoms with van der Waals surface area (Å²) in [6.45, 7) is 1.65. The lowest BCUT2D eigenvalue weighted by molar-refractivity contribution is -0.121. The monoisotopic (exact) mass is 364 g/mol. The minimum Gasteiger partial charge on any atom is -0.493 e. The molecular formula is C18H21ClN2O4. The van der Waals surface area contributed by atoms with Gasteiger partial charge in [0, 0.05) is 30.9 Å². The van der Waals surface area contributed by atoms with Crippen molar-refractivity contribution in [3.8, 4) is 11.6 Å². The second kappa shape index (κ2) is 10.5. The zero-order valence-corrected chi connectivity index (χ0v) is 14.8. The summed E-state index contributed by atoms with van der Waals surface area (Å²) in [4.78, 5) is 16.0. The zero-order valence-electron chi connectivity index (χ0n) is 14.0. The van der Waals surface area contributed by atoms with E-state index in [0.29, 0.717) is 36.4 Å². The molecule has 6 nitrogen and oxygen atoms in total. The van der Waals surface area contributed by atoms with Crippen LogP contribution >= 0.6 is 11.6 Å². The fourth-order valence-electron chi connectivity index (χ4n) is 1.94. The highest BCUT2D eigenvalue weighted by atomic mass is 35.5. The van der Waals surface area contributed by atoms with Crippen molar-refractivity contribution in [2.75, 3.05) is 26.9 Å². The predicted octanol–water partition coefficient (Wildman–Crippen LogP) is 2.85. The number of nitrogens with zero attached hydrogens (tertiary/aromatic N) is 1. The van der Waals surface area contributed by atoms with Crippen molar-refractivity contribution in [2.24, 2.45) is 0 Å². The first-order valence-electron chi connectivity index (χ1n) is 7.89. The number of rotatable bonds is 10. The Balaban J connectivity index is 1.65. The van der Waals surface area contributed by atoms with Gasteiger partial charge in [0.25, 0.3) is 0 Å². The molecule has 25 heavy (non-hydrogen) atoms. The third-order valence-electron chi connectivity index (χ3n) is 3.22. The largest absolute Gasteiger partial charge is 0.493 e. The van der Waals surface area contributed by atoms with Crippen molar-refractivity contribution in [3.05, 3.63) is 53.2 Å². The molecule has 0 spiro atoms. The Morgan fingerprint density at radius 2 is 2.04 bits per heavy atom. The molecule has 0 aliphatic rings. The number of methoxy groups -OCH3 is 1. The van der Waals surface area contributed by atoms with Crippen molar-refractivity contribution < 1.29 is 19.0 Å². The van der Waals surface area contributed by atoms with E-state index < -0.39 is 0 Å². The second-order valence-corrected chi connectivity index (χ2v) is 5.61. The van der Waals surface area contributed by atoms with Crippen molar-refractivity contribution in [2.45, 2.75) is 13.0 Å². The zero-order chi connectivity index (χ0) is 17.9. The van der Waals surface area contributed by atoms with Gasteiger partial charge in [-0.1, -0.05) is 23.7 Å². The highest BCUT2D eigenvalue weighted by molar-refractivity contribution is 6.30. The van der Waals surface area contributed by atoms with E-state index in [1.54, 1.807) is 43.6 Å². The van der Waals surface area contributed by atoms with E-state index in [4.69, 9.17) is 25.8 Å². The normalized spacial score (nSPS) is 10.3. The summed E-state index contributed by atoms with van der Waals surface area (Å²) in [7, 11) is 1.61. The first-order valence-corrected chi connectivity index (χ1v) is 8.27. The number of hydrogen-bond acceptors (Lipinski definition) is 5. The van der Waals surface area contributed by atoms with Gasteiger partial charge < -0.3 is 19.5 Å². The maximum absolute atomic E-state index is 11.8. The van der Waals surface area contributed by atoms with Crippen molar-refractivity contribution in [1.29, 1.82) is 0 Å². The number of amides is 1. The molecule has 0 fully saturated rings. The third-order valence-corrected chi connectivity index (χ3v) is 3.45. The van der Waals surface area contributed by atoms with Crippen LogP contribution < -0.4 is 14.8 Å². The maximum atomic E-state index is 11.8. The number of halogens is 1. The summed E-state index contributed by atoms with van der Waals surface area (Å²) in [6, 6.07) is 10.7. The maximum Gasteiger partial charge on any atom is 0.223 e. The quantitative estimate of drug-likeness (QED) is 0.656. The summed E-state index contributed by atoms with van der Waals surface area (Å²) in [6.07, 6.45) is 1.93. The molecule has 0 atom stereocenters. The number of pyridine rings is 1. The Morgan fingerprint density at radius 1 is 1.16 bits per heavy atom. The SMILES string of the molecule is COCCOc1ccc(CNC(=O)CCOc2cccc(Cl)c2)cn1. The lowest BCUT2D eigenvalue weighted by Gasteiger charge is -2.08. The van der Waals surface area contributed by atoms with Crippen LogP contribution in [0.2, 0.25) is 5.02 Å². The summed E-state index contributed by atoms with van der Waals surface area (Å²) >= 11 is 5.87. The molecule has 0 aliphatic heterocycles. The van der Waals surface area contributed by atoms with E-state index in [2.05, 4.69) is 10.3 Å². The van der Waals surface area contributed by atoms with Crippen LogP contribution in [-0.4, -0.2) is 37.8 Å². The average molecular weight is 365 g/mol. The number of ether oxygens (including phenoxy) is 3. The van der Waals surface area contributed by atoms with Crippen LogP contribution in [0.1, 0.15) is 12.0 Å². The van der Waals surface area contributed by atoms with Gasteiger partial charge in [0.2, 0.25) is 11.8 Å². The second-order valence-electron chi connectivity index (χ2n) is 5.18. The Bertz CT molecular complexity index is 664.